The van der Waals surface area contributed by atoms with E-state index in [1.807, 2.05) is 0 Å². The molecule has 1 aromatic carbocycles. The summed E-state index contributed by atoms with van der Waals surface area (Å²) in [6.45, 7) is 6.83. The average Bonchev–Trinajstić information content (AvgIpc) is 2.28. The summed E-state index contributed by atoms with van der Waals surface area (Å²) in [5.41, 5.74) is 4.33. The number of benzene rings is 1. The van der Waals surface area contributed by atoms with Crippen LogP contribution >= 0.6 is 22.6 Å². The predicted octanol–water partition coefficient (Wildman–Crippen LogP) is 5.30. The number of hydrogen-bond acceptors (Lipinski definition) is 0. The monoisotopic (exact) mass is 338 g/mol. The van der Waals surface area contributed by atoms with Crippen molar-refractivity contribution in [1.82, 2.24) is 0 Å². The maximum atomic E-state index is 2.44. The number of allylic oxidation sites excluding steroid dienone is 4. The van der Waals surface area contributed by atoms with Gasteiger partial charge in [-0.2, -0.15) is 0 Å². The van der Waals surface area contributed by atoms with E-state index in [-0.39, 0.29) is 0 Å². The van der Waals surface area contributed by atoms with Gasteiger partial charge < -0.3 is 0 Å². The van der Waals surface area contributed by atoms with Crippen molar-refractivity contribution >= 4 is 28.2 Å². The van der Waals surface area contributed by atoms with E-state index in [2.05, 4.69) is 79.8 Å². The van der Waals surface area contributed by atoms with E-state index < -0.39 is 0 Å². The highest BCUT2D eigenvalue weighted by molar-refractivity contribution is 14.1. The first kappa shape index (κ1) is 12.9. The first-order valence-electron chi connectivity index (χ1n) is 6.28. The molecule has 1 unspecified atom stereocenters. The zero-order valence-electron chi connectivity index (χ0n) is 10.7. The third-order valence-electron chi connectivity index (χ3n) is 3.57. The van der Waals surface area contributed by atoms with Gasteiger partial charge in [0.05, 0.1) is 0 Å². The van der Waals surface area contributed by atoms with Crippen LogP contribution in [0, 0.1) is 15.4 Å². The van der Waals surface area contributed by atoms with E-state index in [4.69, 9.17) is 0 Å². The minimum absolute atomic E-state index is 0.649. The smallest absolute Gasteiger partial charge is 0.0205 e. The highest BCUT2D eigenvalue weighted by atomic mass is 127. The lowest BCUT2D eigenvalue weighted by Gasteiger charge is -2.28. The van der Waals surface area contributed by atoms with Crippen molar-refractivity contribution in [3.05, 3.63) is 51.1 Å². The molecule has 2 rings (SSSR count). The minimum atomic E-state index is 0.649. The van der Waals surface area contributed by atoms with Crippen LogP contribution in [-0.4, -0.2) is 0 Å². The van der Waals surface area contributed by atoms with Crippen molar-refractivity contribution in [2.45, 2.75) is 27.2 Å². The van der Waals surface area contributed by atoms with Crippen LogP contribution in [0.3, 0.4) is 0 Å². The topological polar surface area (TPSA) is 0 Å². The van der Waals surface area contributed by atoms with Crippen LogP contribution in [0.4, 0.5) is 0 Å². The number of rotatable bonds is 2. The molecular weight excluding hydrogens is 319 g/mol. The number of hydrogen-bond donors (Lipinski definition) is 0. The molecule has 1 aromatic rings. The second-order valence-corrected chi connectivity index (χ2v) is 6.03. The largest absolute Gasteiger partial charge is 0.0781 e. The maximum absolute atomic E-state index is 2.44. The molecule has 2 atom stereocenters. The van der Waals surface area contributed by atoms with Gasteiger partial charge in [0.1, 0.15) is 0 Å². The summed E-state index contributed by atoms with van der Waals surface area (Å²) in [6.07, 6.45) is 5.97. The van der Waals surface area contributed by atoms with E-state index >= 15 is 0 Å². The van der Waals surface area contributed by atoms with Crippen LogP contribution in [0.5, 0.6) is 0 Å². The molecule has 0 bridgehead atoms. The molecule has 17 heavy (non-hydrogen) atoms. The summed E-state index contributed by atoms with van der Waals surface area (Å²) >= 11 is 2.44. The molecule has 1 aliphatic rings. The molecule has 90 valence electrons. The highest BCUT2D eigenvalue weighted by Gasteiger charge is 2.23. The molecule has 0 aliphatic heterocycles. The van der Waals surface area contributed by atoms with Crippen LogP contribution in [0.25, 0.3) is 5.57 Å². The van der Waals surface area contributed by atoms with Crippen molar-refractivity contribution in [1.29, 1.82) is 0 Å². The summed E-state index contributed by atoms with van der Waals surface area (Å²) in [7, 11) is 0. The van der Waals surface area contributed by atoms with Gasteiger partial charge in [-0.05, 0) is 65.0 Å². The van der Waals surface area contributed by atoms with Crippen molar-refractivity contribution in [2.75, 3.05) is 0 Å². The zero-order valence-corrected chi connectivity index (χ0v) is 12.9. The van der Waals surface area contributed by atoms with Crippen molar-refractivity contribution in [3.8, 4) is 0 Å². The second kappa shape index (κ2) is 5.38. The van der Waals surface area contributed by atoms with Gasteiger partial charge in [-0.1, -0.05) is 49.8 Å². The van der Waals surface area contributed by atoms with E-state index in [1.165, 1.54) is 26.7 Å². The first-order chi connectivity index (χ1) is 8.13. The second-order valence-electron chi connectivity index (χ2n) is 4.86. The van der Waals surface area contributed by atoms with Gasteiger partial charge in [-0.3, -0.25) is 0 Å². The van der Waals surface area contributed by atoms with Gasteiger partial charge in [-0.25, -0.2) is 0 Å². The number of halogens is 1. The van der Waals surface area contributed by atoms with Gasteiger partial charge in [0.15, 0.2) is 0 Å². The Bertz CT molecular complexity index is 468. The third-order valence-corrected chi connectivity index (χ3v) is 4.51. The average molecular weight is 338 g/mol. The first-order valence-corrected chi connectivity index (χ1v) is 7.36. The third kappa shape index (κ3) is 2.65. The lowest BCUT2D eigenvalue weighted by molar-refractivity contribution is 0.504. The molecule has 0 saturated carbocycles. The fraction of sp³-hybridized carbons (Fsp3) is 0.375. The van der Waals surface area contributed by atoms with Crippen LogP contribution in [0.15, 0.2) is 42.0 Å². The summed E-state index contributed by atoms with van der Waals surface area (Å²) < 4.78 is 1.36. The zero-order chi connectivity index (χ0) is 12.4. The predicted molar refractivity (Wildman–Crippen MR) is 83.8 cm³/mol. The molecular formula is C16H19I. The Balaban J connectivity index is 2.49. The van der Waals surface area contributed by atoms with Crippen molar-refractivity contribution in [2.24, 2.45) is 11.8 Å². The van der Waals surface area contributed by atoms with E-state index in [0.29, 0.717) is 11.8 Å². The quantitative estimate of drug-likeness (QED) is 0.642. The molecule has 0 amide bonds. The molecule has 0 spiro atoms. The van der Waals surface area contributed by atoms with Gasteiger partial charge in [0.2, 0.25) is 0 Å². The van der Waals surface area contributed by atoms with Gasteiger partial charge in [0.25, 0.3) is 0 Å². The Morgan fingerprint density at radius 2 is 1.94 bits per heavy atom. The van der Waals surface area contributed by atoms with Crippen molar-refractivity contribution < 1.29 is 0 Å². The molecule has 0 radical (unpaired) electrons. The summed E-state index contributed by atoms with van der Waals surface area (Å²) in [5.74, 6) is 1.31. The summed E-state index contributed by atoms with van der Waals surface area (Å²) in [5, 5.41) is 0. The molecule has 0 nitrogen and oxygen atoms in total. The minimum Gasteiger partial charge on any atom is -0.0781 e. The molecule has 0 fully saturated rings. The fourth-order valence-corrected chi connectivity index (χ4v) is 3.48. The Hall–Kier alpha value is -0.570. The van der Waals surface area contributed by atoms with E-state index in [1.54, 1.807) is 0 Å². The van der Waals surface area contributed by atoms with Gasteiger partial charge in [0, 0.05) is 3.57 Å². The fourth-order valence-electron chi connectivity index (χ4n) is 2.78. The molecule has 0 aromatic heterocycles. The standard InChI is InChI=1S/C16H19I/c1-4-13-12(3)9-11(2)10-15(13)14-7-5-6-8-16(14)17/h5-10,12-13H,4H2,1-3H3/t12?,13-/m0/s1. The normalized spacial score (nSPS) is 24.2. The Morgan fingerprint density at radius 3 is 2.59 bits per heavy atom. The highest BCUT2D eigenvalue weighted by Crippen LogP contribution is 2.38. The summed E-state index contributed by atoms with van der Waals surface area (Å²) in [6, 6.07) is 8.70. The molecule has 1 aliphatic carbocycles. The summed E-state index contributed by atoms with van der Waals surface area (Å²) in [4.78, 5) is 0. The van der Waals surface area contributed by atoms with Crippen LogP contribution in [0.2, 0.25) is 0 Å². The molecule has 0 N–H and O–H groups in total. The van der Waals surface area contributed by atoms with E-state index in [0.717, 1.165) is 0 Å². The lowest BCUT2D eigenvalue weighted by atomic mass is 9.77. The molecule has 1 heteroatoms. The van der Waals surface area contributed by atoms with Crippen LogP contribution in [-0.2, 0) is 0 Å². The lowest BCUT2D eigenvalue weighted by Crippen LogP contribution is -2.15. The van der Waals surface area contributed by atoms with Crippen LogP contribution < -0.4 is 0 Å². The van der Waals surface area contributed by atoms with E-state index in [9.17, 15) is 0 Å². The van der Waals surface area contributed by atoms with Gasteiger partial charge in [-0.15, -0.1) is 0 Å². The Kier molecular flexibility index (Phi) is 4.08. The Morgan fingerprint density at radius 1 is 1.24 bits per heavy atom. The van der Waals surface area contributed by atoms with Crippen LogP contribution in [0.1, 0.15) is 32.8 Å². The molecule has 0 heterocycles. The maximum Gasteiger partial charge on any atom is 0.0205 e. The Labute approximate surface area is 118 Å². The SMILES string of the molecule is CC[C@@H]1C(c2ccccc2I)=CC(C)=CC1C. The van der Waals surface area contributed by atoms with Gasteiger partial charge >= 0.3 is 0 Å². The molecule has 0 saturated heterocycles. The van der Waals surface area contributed by atoms with Crippen molar-refractivity contribution in [3.63, 3.8) is 0 Å².